The molecule has 0 aliphatic rings. The second kappa shape index (κ2) is 3.90. The lowest BCUT2D eigenvalue weighted by Crippen LogP contribution is -2.17. The number of rotatable bonds is 3. The molecule has 0 spiro atoms. The molecule has 0 aliphatic carbocycles. The Balaban J connectivity index is 2.06. The molecular formula is C9H13N5S. The van der Waals surface area contributed by atoms with Crippen molar-refractivity contribution in [3.05, 3.63) is 21.9 Å². The van der Waals surface area contributed by atoms with Crippen molar-refractivity contribution in [3.8, 4) is 0 Å². The predicted octanol–water partition coefficient (Wildman–Crippen LogP) is 1.39. The third kappa shape index (κ3) is 2.27. The van der Waals surface area contributed by atoms with Crippen LogP contribution < -0.4 is 10.6 Å². The SMILES string of the molecule is Cc1cc(CN(C)c2n[nH]c(N)n2)cs1. The van der Waals surface area contributed by atoms with E-state index in [1.165, 1.54) is 10.4 Å². The molecule has 0 bridgehead atoms. The van der Waals surface area contributed by atoms with E-state index in [0.717, 1.165) is 6.54 Å². The molecule has 2 aromatic heterocycles. The van der Waals surface area contributed by atoms with Gasteiger partial charge in [-0.3, -0.25) is 0 Å². The minimum atomic E-state index is 0.346. The molecule has 6 heteroatoms. The third-order valence-electron chi connectivity index (χ3n) is 2.04. The first-order valence-corrected chi connectivity index (χ1v) is 5.46. The Morgan fingerprint density at radius 2 is 2.40 bits per heavy atom. The monoisotopic (exact) mass is 223 g/mol. The Bertz CT molecular complexity index is 447. The van der Waals surface area contributed by atoms with Gasteiger partial charge in [-0.1, -0.05) is 0 Å². The molecule has 2 aromatic rings. The van der Waals surface area contributed by atoms with Crippen molar-refractivity contribution >= 4 is 23.2 Å². The van der Waals surface area contributed by atoms with Gasteiger partial charge in [-0.2, -0.15) is 4.98 Å². The number of thiophene rings is 1. The molecular weight excluding hydrogens is 210 g/mol. The number of hydrogen-bond acceptors (Lipinski definition) is 5. The lowest BCUT2D eigenvalue weighted by atomic mass is 10.3. The van der Waals surface area contributed by atoms with Gasteiger partial charge in [-0.25, -0.2) is 5.10 Å². The van der Waals surface area contributed by atoms with E-state index in [1.807, 2.05) is 11.9 Å². The normalized spacial score (nSPS) is 10.5. The van der Waals surface area contributed by atoms with Crippen LogP contribution in [0.15, 0.2) is 11.4 Å². The van der Waals surface area contributed by atoms with Crippen LogP contribution in [0.5, 0.6) is 0 Å². The second-order valence-electron chi connectivity index (χ2n) is 3.44. The molecule has 0 saturated carbocycles. The van der Waals surface area contributed by atoms with Crippen molar-refractivity contribution in [1.82, 2.24) is 15.2 Å². The molecule has 15 heavy (non-hydrogen) atoms. The number of hydrogen-bond donors (Lipinski definition) is 2. The van der Waals surface area contributed by atoms with Crippen LogP contribution in [0, 0.1) is 6.92 Å². The first-order valence-electron chi connectivity index (χ1n) is 4.58. The molecule has 0 aromatic carbocycles. The van der Waals surface area contributed by atoms with Crippen LogP contribution in [0.3, 0.4) is 0 Å². The van der Waals surface area contributed by atoms with E-state index in [2.05, 4.69) is 33.6 Å². The summed E-state index contributed by atoms with van der Waals surface area (Å²) >= 11 is 1.75. The topological polar surface area (TPSA) is 70.8 Å². The maximum atomic E-state index is 5.46. The first-order chi connectivity index (χ1) is 7.15. The summed E-state index contributed by atoms with van der Waals surface area (Å²) in [5.74, 6) is 0.967. The Labute approximate surface area is 91.9 Å². The van der Waals surface area contributed by atoms with Gasteiger partial charge in [0.1, 0.15) is 0 Å². The van der Waals surface area contributed by atoms with Crippen LogP contribution >= 0.6 is 11.3 Å². The van der Waals surface area contributed by atoms with E-state index < -0.39 is 0 Å². The van der Waals surface area contributed by atoms with E-state index in [9.17, 15) is 0 Å². The van der Waals surface area contributed by atoms with E-state index in [1.54, 1.807) is 11.3 Å². The zero-order valence-electron chi connectivity index (χ0n) is 8.69. The van der Waals surface area contributed by atoms with Crippen molar-refractivity contribution in [3.63, 3.8) is 0 Å². The van der Waals surface area contributed by atoms with Crippen LogP contribution in [0.1, 0.15) is 10.4 Å². The summed E-state index contributed by atoms with van der Waals surface area (Å²) in [6.07, 6.45) is 0. The summed E-state index contributed by atoms with van der Waals surface area (Å²) < 4.78 is 0. The van der Waals surface area contributed by atoms with Crippen molar-refractivity contribution in [1.29, 1.82) is 0 Å². The number of anilines is 2. The lowest BCUT2D eigenvalue weighted by Gasteiger charge is -2.12. The molecule has 2 rings (SSSR count). The van der Waals surface area contributed by atoms with Crippen molar-refractivity contribution in [2.45, 2.75) is 13.5 Å². The average molecular weight is 223 g/mol. The summed E-state index contributed by atoms with van der Waals surface area (Å²) in [6, 6.07) is 2.16. The van der Waals surface area contributed by atoms with E-state index in [0.29, 0.717) is 11.9 Å². The van der Waals surface area contributed by atoms with Gasteiger partial charge in [0.15, 0.2) is 0 Å². The summed E-state index contributed by atoms with van der Waals surface area (Å²) in [5, 5.41) is 8.75. The number of H-pyrrole nitrogens is 1. The molecule has 0 radical (unpaired) electrons. The molecule has 0 amide bonds. The minimum Gasteiger partial charge on any atom is -0.368 e. The molecule has 0 fully saturated rings. The number of aryl methyl sites for hydroxylation is 1. The zero-order valence-corrected chi connectivity index (χ0v) is 9.51. The molecule has 0 unspecified atom stereocenters. The highest BCUT2D eigenvalue weighted by atomic mass is 32.1. The average Bonchev–Trinajstić information content (AvgIpc) is 2.75. The third-order valence-corrected chi connectivity index (χ3v) is 2.95. The van der Waals surface area contributed by atoms with Crippen LogP contribution in [0.25, 0.3) is 0 Å². The van der Waals surface area contributed by atoms with E-state index in [4.69, 9.17) is 5.73 Å². The van der Waals surface area contributed by atoms with Crippen LogP contribution in [0.4, 0.5) is 11.9 Å². The van der Waals surface area contributed by atoms with E-state index in [-0.39, 0.29) is 0 Å². The summed E-state index contributed by atoms with van der Waals surface area (Å²) in [4.78, 5) is 7.32. The molecule has 5 nitrogen and oxygen atoms in total. The lowest BCUT2D eigenvalue weighted by molar-refractivity contribution is 0.873. The van der Waals surface area contributed by atoms with Gasteiger partial charge in [0.2, 0.25) is 11.9 Å². The highest BCUT2D eigenvalue weighted by Gasteiger charge is 2.07. The van der Waals surface area contributed by atoms with Gasteiger partial charge in [0.25, 0.3) is 0 Å². The zero-order chi connectivity index (χ0) is 10.8. The highest BCUT2D eigenvalue weighted by Crippen LogP contribution is 2.16. The Hall–Kier alpha value is -1.56. The fraction of sp³-hybridized carbons (Fsp3) is 0.333. The van der Waals surface area contributed by atoms with Crippen molar-refractivity contribution in [2.75, 3.05) is 17.7 Å². The quantitative estimate of drug-likeness (QED) is 0.825. The largest absolute Gasteiger partial charge is 0.368 e. The molecule has 3 N–H and O–H groups in total. The second-order valence-corrected chi connectivity index (χ2v) is 4.56. The Kier molecular flexibility index (Phi) is 2.59. The summed E-state index contributed by atoms with van der Waals surface area (Å²) in [6.45, 7) is 2.89. The van der Waals surface area contributed by atoms with Crippen LogP contribution in [-0.2, 0) is 6.54 Å². The number of aromatic amines is 1. The van der Waals surface area contributed by atoms with Gasteiger partial charge < -0.3 is 10.6 Å². The fourth-order valence-electron chi connectivity index (χ4n) is 1.36. The maximum Gasteiger partial charge on any atom is 0.246 e. The van der Waals surface area contributed by atoms with Gasteiger partial charge in [0.05, 0.1) is 0 Å². The number of nitrogen functional groups attached to an aromatic ring is 1. The van der Waals surface area contributed by atoms with Gasteiger partial charge in [-0.05, 0) is 23.9 Å². The Morgan fingerprint density at radius 3 is 2.93 bits per heavy atom. The van der Waals surface area contributed by atoms with E-state index >= 15 is 0 Å². The maximum absolute atomic E-state index is 5.46. The minimum absolute atomic E-state index is 0.346. The van der Waals surface area contributed by atoms with Gasteiger partial charge in [-0.15, -0.1) is 16.4 Å². The van der Waals surface area contributed by atoms with Crippen LogP contribution in [-0.4, -0.2) is 22.2 Å². The molecule has 0 aliphatic heterocycles. The highest BCUT2D eigenvalue weighted by molar-refractivity contribution is 7.10. The molecule has 0 saturated heterocycles. The van der Waals surface area contributed by atoms with Gasteiger partial charge >= 0.3 is 0 Å². The summed E-state index contributed by atoms with van der Waals surface area (Å²) in [5.41, 5.74) is 6.73. The standard InChI is InChI=1S/C9H13N5S/c1-6-3-7(5-15-6)4-14(2)9-11-8(10)12-13-9/h3,5H,4H2,1-2H3,(H3,10,11,12,13). The number of nitrogens with two attached hydrogens (primary N) is 1. The first kappa shape index (κ1) is 9.97. The number of nitrogens with one attached hydrogen (secondary N) is 1. The molecule has 80 valence electrons. The predicted molar refractivity (Wildman–Crippen MR) is 62.0 cm³/mol. The van der Waals surface area contributed by atoms with Crippen molar-refractivity contribution < 1.29 is 0 Å². The summed E-state index contributed by atoms with van der Waals surface area (Å²) in [7, 11) is 1.94. The fourth-order valence-corrected chi connectivity index (χ4v) is 2.06. The van der Waals surface area contributed by atoms with Gasteiger partial charge in [0, 0.05) is 18.5 Å². The van der Waals surface area contributed by atoms with Crippen molar-refractivity contribution in [2.24, 2.45) is 0 Å². The molecule has 0 atom stereocenters. The van der Waals surface area contributed by atoms with Crippen LogP contribution in [0.2, 0.25) is 0 Å². The Morgan fingerprint density at radius 1 is 1.60 bits per heavy atom. The number of nitrogens with zero attached hydrogens (tertiary/aromatic N) is 3. The smallest absolute Gasteiger partial charge is 0.246 e. The number of aromatic nitrogens is 3. The molecule has 2 heterocycles.